The Morgan fingerprint density at radius 3 is 3.08 bits per heavy atom. The lowest BCUT2D eigenvalue weighted by atomic mass is 10.1. The van der Waals surface area contributed by atoms with Gasteiger partial charge in [-0.1, -0.05) is 18.2 Å². The summed E-state index contributed by atoms with van der Waals surface area (Å²) in [5, 5.41) is 0. The van der Waals surface area contributed by atoms with Crippen LogP contribution in [0.2, 0.25) is 0 Å². The first-order valence-corrected chi connectivity index (χ1v) is 8.95. The molecule has 25 heavy (non-hydrogen) atoms. The molecule has 0 radical (unpaired) electrons. The molecule has 4 rings (SSSR count). The van der Waals surface area contributed by atoms with Gasteiger partial charge in [-0.3, -0.25) is 9.88 Å². The summed E-state index contributed by atoms with van der Waals surface area (Å²) in [5.74, 6) is 2.53. The Balaban J connectivity index is 1.29. The van der Waals surface area contributed by atoms with Crippen molar-refractivity contribution in [3.8, 4) is 11.5 Å². The van der Waals surface area contributed by atoms with Crippen LogP contribution >= 0.6 is 0 Å². The molecule has 0 amide bonds. The first kappa shape index (κ1) is 16.4. The average Bonchev–Trinajstić information content (AvgIpc) is 3.25. The number of hydrogen-bond donors (Lipinski definition) is 0. The molecule has 2 aliphatic heterocycles. The van der Waals surface area contributed by atoms with E-state index in [9.17, 15) is 0 Å². The highest BCUT2D eigenvalue weighted by Gasteiger charge is 2.26. The van der Waals surface area contributed by atoms with Crippen LogP contribution in [0, 0.1) is 5.92 Å². The van der Waals surface area contributed by atoms with Crippen molar-refractivity contribution in [2.45, 2.75) is 19.5 Å². The number of fused-ring (bicyclic) bond motifs is 1. The van der Waals surface area contributed by atoms with Crippen LogP contribution in [0.15, 0.2) is 42.7 Å². The van der Waals surface area contributed by atoms with Gasteiger partial charge in [0.1, 0.15) is 0 Å². The lowest BCUT2D eigenvalue weighted by molar-refractivity contribution is 0.172. The van der Waals surface area contributed by atoms with Crippen LogP contribution in [0.5, 0.6) is 11.5 Å². The van der Waals surface area contributed by atoms with E-state index in [2.05, 4.69) is 40.0 Å². The topological polar surface area (TPSA) is 37.8 Å². The van der Waals surface area contributed by atoms with Crippen molar-refractivity contribution in [3.05, 3.63) is 53.9 Å². The van der Waals surface area contributed by atoms with E-state index in [4.69, 9.17) is 9.47 Å². The molecule has 3 heterocycles. The third-order valence-corrected chi connectivity index (χ3v) is 4.99. The summed E-state index contributed by atoms with van der Waals surface area (Å²) in [6.45, 7) is 5.65. The average molecular weight is 339 g/mol. The molecule has 1 aromatic carbocycles. The zero-order chi connectivity index (χ0) is 17.1. The van der Waals surface area contributed by atoms with Gasteiger partial charge in [-0.05, 0) is 43.6 Å². The summed E-state index contributed by atoms with van der Waals surface area (Å²) in [4.78, 5) is 9.13. The summed E-state index contributed by atoms with van der Waals surface area (Å²) >= 11 is 0. The third kappa shape index (κ3) is 3.94. The highest BCUT2D eigenvalue weighted by Crippen LogP contribution is 2.36. The van der Waals surface area contributed by atoms with E-state index in [1.54, 1.807) is 0 Å². The molecule has 5 nitrogen and oxygen atoms in total. The minimum absolute atomic E-state index is 0.341. The standard InChI is InChI=1S/C20H25N3O2/c1-22(11-16-4-3-8-21-10-16)12-17-7-9-23(13-17)14-18-5-2-6-19-20(18)25-15-24-19/h2-6,8,10,17H,7,9,11-15H2,1H3/t17-/m1/s1. The van der Waals surface area contributed by atoms with E-state index in [-0.39, 0.29) is 0 Å². The number of pyridine rings is 1. The van der Waals surface area contributed by atoms with Gasteiger partial charge in [-0.25, -0.2) is 0 Å². The fourth-order valence-corrected chi connectivity index (χ4v) is 3.87. The molecular formula is C20H25N3O2. The number of ether oxygens (including phenoxy) is 2. The van der Waals surface area contributed by atoms with Crippen LogP contribution in [-0.2, 0) is 13.1 Å². The molecule has 0 bridgehead atoms. The Kier molecular flexibility index (Phi) is 4.85. The zero-order valence-corrected chi connectivity index (χ0v) is 14.7. The van der Waals surface area contributed by atoms with Gasteiger partial charge in [0.15, 0.2) is 11.5 Å². The number of para-hydroxylation sites is 1. The van der Waals surface area contributed by atoms with Crippen molar-refractivity contribution in [1.82, 2.24) is 14.8 Å². The first-order valence-electron chi connectivity index (χ1n) is 8.95. The fourth-order valence-electron chi connectivity index (χ4n) is 3.87. The van der Waals surface area contributed by atoms with Gasteiger partial charge in [0.05, 0.1) is 0 Å². The molecule has 0 spiro atoms. The number of rotatable bonds is 6. The smallest absolute Gasteiger partial charge is 0.231 e. The Labute approximate surface area is 149 Å². The molecule has 5 heteroatoms. The van der Waals surface area contributed by atoms with Gasteiger partial charge in [0, 0.05) is 44.1 Å². The number of aromatic nitrogens is 1. The maximum atomic E-state index is 5.63. The lowest BCUT2D eigenvalue weighted by Gasteiger charge is -2.22. The Morgan fingerprint density at radius 1 is 1.24 bits per heavy atom. The van der Waals surface area contributed by atoms with E-state index < -0.39 is 0 Å². The van der Waals surface area contributed by atoms with Crippen molar-refractivity contribution < 1.29 is 9.47 Å². The van der Waals surface area contributed by atoms with Crippen molar-refractivity contribution >= 4 is 0 Å². The van der Waals surface area contributed by atoms with Crippen molar-refractivity contribution in [2.24, 2.45) is 5.92 Å². The highest BCUT2D eigenvalue weighted by atomic mass is 16.7. The summed E-state index contributed by atoms with van der Waals surface area (Å²) in [6.07, 6.45) is 5.03. The summed E-state index contributed by atoms with van der Waals surface area (Å²) < 4.78 is 11.1. The van der Waals surface area contributed by atoms with Crippen LogP contribution in [0.25, 0.3) is 0 Å². The number of hydrogen-bond acceptors (Lipinski definition) is 5. The molecule has 2 aromatic rings. The van der Waals surface area contributed by atoms with Crippen molar-refractivity contribution in [1.29, 1.82) is 0 Å². The third-order valence-electron chi connectivity index (χ3n) is 4.99. The van der Waals surface area contributed by atoms with Gasteiger partial charge in [-0.15, -0.1) is 0 Å². The predicted molar refractivity (Wildman–Crippen MR) is 96.5 cm³/mol. The molecule has 1 atom stereocenters. The van der Waals surface area contributed by atoms with E-state index in [0.717, 1.165) is 50.1 Å². The summed E-state index contributed by atoms with van der Waals surface area (Å²) in [5.41, 5.74) is 2.51. The van der Waals surface area contributed by atoms with E-state index in [1.165, 1.54) is 17.5 Å². The molecule has 1 fully saturated rings. The minimum Gasteiger partial charge on any atom is -0.454 e. The minimum atomic E-state index is 0.341. The fraction of sp³-hybridized carbons (Fsp3) is 0.450. The highest BCUT2D eigenvalue weighted by molar-refractivity contribution is 5.48. The van der Waals surface area contributed by atoms with Gasteiger partial charge < -0.3 is 14.4 Å². The van der Waals surface area contributed by atoms with E-state index in [1.807, 2.05) is 24.5 Å². The number of nitrogens with zero attached hydrogens (tertiary/aromatic N) is 3. The van der Waals surface area contributed by atoms with Gasteiger partial charge in [0.2, 0.25) is 6.79 Å². The molecule has 0 unspecified atom stereocenters. The number of likely N-dealkylation sites (tertiary alicyclic amines) is 1. The maximum Gasteiger partial charge on any atom is 0.231 e. The Hall–Kier alpha value is -2.11. The molecule has 0 saturated carbocycles. The normalized spacial score (nSPS) is 19.7. The van der Waals surface area contributed by atoms with E-state index >= 15 is 0 Å². The molecule has 1 aromatic heterocycles. The van der Waals surface area contributed by atoms with Crippen LogP contribution in [0.3, 0.4) is 0 Å². The second kappa shape index (κ2) is 7.42. The van der Waals surface area contributed by atoms with Crippen molar-refractivity contribution in [2.75, 3.05) is 33.5 Å². The monoisotopic (exact) mass is 339 g/mol. The molecule has 1 saturated heterocycles. The van der Waals surface area contributed by atoms with Gasteiger partial charge in [-0.2, -0.15) is 0 Å². The SMILES string of the molecule is CN(Cc1cccnc1)C[C@H]1CCN(Cc2cccc3c2OCO3)C1. The first-order chi connectivity index (χ1) is 12.3. The Bertz CT molecular complexity index is 707. The quantitative estimate of drug-likeness (QED) is 0.809. The van der Waals surface area contributed by atoms with Gasteiger partial charge in [0.25, 0.3) is 0 Å². The molecule has 0 aliphatic carbocycles. The van der Waals surface area contributed by atoms with Crippen LogP contribution < -0.4 is 9.47 Å². The van der Waals surface area contributed by atoms with Crippen LogP contribution in [0.4, 0.5) is 0 Å². The van der Waals surface area contributed by atoms with E-state index in [0.29, 0.717) is 6.79 Å². The second-order valence-electron chi connectivity index (χ2n) is 7.10. The maximum absolute atomic E-state index is 5.63. The van der Waals surface area contributed by atoms with Crippen LogP contribution in [-0.4, -0.2) is 48.3 Å². The second-order valence-corrected chi connectivity index (χ2v) is 7.10. The summed E-state index contributed by atoms with van der Waals surface area (Å²) in [7, 11) is 2.20. The summed E-state index contributed by atoms with van der Waals surface area (Å²) in [6, 6.07) is 10.3. The molecule has 2 aliphatic rings. The lowest BCUT2D eigenvalue weighted by Crippen LogP contribution is -2.28. The van der Waals surface area contributed by atoms with Crippen LogP contribution in [0.1, 0.15) is 17.5 Å². The molecule has 132 valence electrons. The van der Waals surface area contributed by atoms with Crippen molar-refractivity contribution in [3.63, 3.8) is 0 Å². The largest absolute Gasteiger partial charge is 0.454 e. The zero-order valence-electron chi connectivity index (χ0n) is 14.7. The predicted octanol–water partition coefficient (Wildman–Crippen LogP) is 2.76. The van der Waals surface area contributed by atoms with Gasteiger partial charge >= 0.3 is 0 Å². The number of benzene rings is 1. The Morgan fingerprint density at radius 2 is 2.20 bits per heavy atom. The molecular weight excluding hydrogens is 314 g/mol. The molecule has 0 N–H and O–H groups in total.